The van der Waals surface area contributed by atoms with Gasteiger partial charge in [-0.15, -0.1) is 0 Å². The molecule has 0 aliphatic carbocycles. The third-order valence-electron chi connectivity index (χ3n) is 4.25. The number of para-hydroxylation sites is 2. The summed E-state index contributed by atoms with van der Waals surface area (Å²) in [6.07, 6.45) is 0. The molecule has 4 rings (SSSR count). The second kappa shape index (κ2) is 8.84. The average Bonchev–Trinajstić information content (AvgIpc) is 2.76. The SMILES string of the molecule is c1ccc(-c2ccccc2[O][Zr][O]c2ccccc2-c2ccccc2)cc1. The zero-order valence-electron chi connectivity index (χ0n) is 14.7. The number of hydrogen-bond donors (Lipinski definition) is 0. The van der Waals surface area contributed by atoms with Crippen molar-refractivity contribution in [3.8, 4) is 33.8 Å². The summed E-state index contributed by atoms with van der Waals surface area (Å²) in [5, 5.41) is 0. The second-order valence-electron chi connectivity index (χ2n) is 6.01. The second-order valence-corrected chi connectivity index (χ2v) is 7.42. The summed E-state index contributed by atoms with van der Waals surface area (Å²) in [5.41, 5.74) is 4.49. The van der Waals surface area contributed by atoms with Crippen LogP contribution in [-0.2, 0) is 24.1 Å². The van der Waals surface area contributed by atoms with Gasteiger partial charge >= 0.3 is 173 Å². The van der Waals surface area contributed by atoms with E-state index in [0.29, 0.717) is 0 Å². The fraction of sp³-hybridized carbons (Fsp3) is 0. The molecule has 4 aromatic rings. The summed E-state index contributed by atoms with van der Waals surface area (Å²) < 4.78 is 12.3. The quantitative estimate of drug-likeness (QED) is 0.353. The van der Waals surface area contributed by atoms with E-state index in [9.17, 15) is 0 Å². The van der Waals surface area contributed by atoms with Crippen molar-refractivity contribution in [1.82, 2.24) is 0 Å². The Morgan fingerprint density at radius 1 is 0.407 bits per heavy atom. The number of hydrogen-bond acceptors (Lipinski definition) is 2. The van der Waals surface area contributed by atoms with Crippen molar-refractivity contribution in [3.63, 3.8) is 0 Å². The first-order valence-corrected chi connectivity index (χ1v) is 10.8. The van der Waals surface area contributed by atoms with Gasteiger partial charge < -0.3 is 0 Å². The summed E-state index contributed by atoms with van der Waals surface area (Å²) in [4.78, 5) is 0. The van der Waals surface area contributed by atoms with Gasteiger partial charge in [0.15, 0.2) is 0 Å². The van der Waals surface area contributed by atoms with Gasteiger partial charge in [-0.2, -0.15) is 0 Å². The third-order valence-corrected chi connectivity index (χ3v) is 5.74. The van der Waals surface area contributed by atoms with Crippen molar-refractivity contribution >= 4 is 0 Å². The van der Waals surface area contributed by atoms with E-state index in [-0.39, 0.29) is 0 Å². The van der Waals surface area contributed by atoms with Gasteiger partial charge in [0.05, 0.1) is 0 Å². The molecule has 0 aromatic heterocycles. The van der Waals surface area contributed by atoms with Crippen molar-refractivity contribution in [2.24, 2.45) is 0 Å². The molecular weight excluding hydrogens is 411 g/mol. The van der Waals surface area contributed by atoms with E-state index in [0.717, 1.165) is 33.8 Å². The topological polar surface area (TPSA) is 18.5 Å². The summed E-state index contributed by atoms with van der Waals surface area (Å²) in [6, 6.07) is 36.8. The number of benzene rings is 4. The Morgan fingerprint density at radius 3 is 1.22 bits per heavy atom. The van der Waals surface area contributed by atoms with E-state index in [4.69, 9.17) is 5.63 Å². The molecule has 0 saturated heterocycles. The Kier molecular flexibility index (Phi) is 5.81. The molecule has 0 aliphatic rings. The maximum absolute atomic E-state index is 6.13. The Labute approximate surface area is 172 Å². The van der Waals surface area contributed by atoms with E-state index >= 15 is 0 Å². The van der Waals surface area contributed by atoms with Crippen molar-refractivity contribution in [2.45, 2.75) is 0 Å². The van der Waals surface area contributed by atoms with Gasteiger partial charge in [0.1, 0.15) is 0 Å². The molecule has 0 bridgehead atoms. The van der Waals surface area contributed by atoms with Gasteiger partial charge in [-0.1, -0.05) is 0 Å². The van der Waals surface area contributed by atoms with Crippen molar-refractivity contribution in [2.75, 3.05) is 0 Å². The van der Waals surface area contributed by atoms with E-state index in [1.807, 2.05) is 72.8 Å². The van der Waals surface area contributed by atoms with E-state index in [1.165, 1.54) is 0 Å². The molecule has 0 aliphatic heterocycles. The van der Waals surface area contributed by atoms with Crippen LogP contribution in [0.3, 0.4) is 0 Å². The molecule has 0 heterocycles. The van der Waals surface area contributed by atoms with Gasteiger partial charge in [0, 0.05) is 0 Å². The van der Waals surface area contributed by atoms with E-state index < -0.39 is 24.1 Å². The third kappa shape index (κ3) is 4.38. The summed E-state index contributed by atoms with van der Waals surface area (Å²) in [6.45, 7) is 0. The normalized spacial score (nSPS) is 10.2. The van der Waals surface area contributed by atoms with Gasteiger partial charge in [-0.05, 0) is 0 Å². The van der Waals surface area contributed by atoms with Crippen LogP contribution in [0.1, 0.15) is 0 Å². The van der Waals surface area contributed by atoms with Crippen LogP contribution in [0.5, 0.6) is 11.5 Å². The van der Waals surface area contributed by atoms with Crippen molar-refractivity contribution in [1.29, 1.82) is 0 Å². The summed E-state index contributed by atoms with van der Waals surface area (Å²) >= 11 is -1.55. The van der Waals surface area contributed by atoms with Gasteiger partial charge in [0.2, 0.25) is 0 Å². The van der Waals surface area contributed by atoms with Crippen LogP contribution in [0.15, 0.2) is 109 Å². The van der Waals surface area contributed by atoms with Gasteiger partial charge in [-0.25, -0.2) is 0 Å². The Balaban J connectivity index is 1.51. The van der Waals surface area contributed by atoms with Gasteiger partial charge in [-0.3, -0.25) is 0 Å². The molecule has 0 fully saturated rings. The Morgan fingerprint density at radius 2 is 0.778 bits per heavy atom. The molecule has 3 heteroatoms. The molecule has 0 spiro atoms. The average molecular weight is 430 g/mol. The maximum atomic E-state index is 6.13. The van der Waals surface area contributed by atoms with Crippen molar-refractivity contribution in [3.05, 3.63) is 109 Å². The van der Waals surface area contributed by atoms with Crippen LogP contribution in [0, 0.1) is 0 Å². The first-order valence-electron chi connectivity index (χ1n) is 8.79. The van der Waals surface area contributed by atoms with Crippen molar-refractivity contribution < 1.29 is 29.7 Å². The molecular formula is C24H18O2Zr. The monoisotopic (exact) mass is 428 g/mol. The minimum atomic E-state index is -1.55. The predicted molar refractivity (Wildman–Crippen MR) is 105 cm³/mol. The van der Waals surface area contributed by atoms with Gasteiger partial charge in [0.25, 0.3) is 0 Å². The molecule has 4 aromatic carbocycles. The molecule has 0 N–H and O–H groups in total. The first-order chi connectivity index (χ1) is 13.4. The molecule has 0 radical (unpaired) electrons. The molecule has 0 atom stereocenters. The molecule has 0 saturated carbocycles. The van der Waals surface area contributed by atoms with Crippen LogP contribution in [-0.4, -0.2) is 0 Å². The standard InChI is InChI=1S/2C12H10O.Zr/c2*13-12-9-5-4-8-11(12)10-6-2-1-3-7-10;/h2*1-9,13H;/q;;+2/p-2. The van der Waals surface area contributed by atoms with E-state index in [2.05, 4.69) is 36.4 Å². The molecule has 27 heavy (non-hydrogen) atoms. The zero-order valence-corrected chi connectivity index (χ0v) is 17.2. The molecule has 130 valence electrons. The van der Waals surface area contributed by atoms with Crippen LogP contribution in [0.2, 0.25) is 0 Å². The Hall–Kier alpha value is -2.64. The zero-order chi connectivity index (χ0) is 18.3. The molecule has 0 amide bonds. The number of rotatable bonds is 6. The molecule has 0 unspecified atom stereocenters. The van der Waals surface area contributed by atoms with Crippen LogP contribution < -0.4 is 5.63 Å². The van der Waals surface area contributed by atoms with Crippen LogP contribution in [0.25, 0.3) is 22.3 Å². The minimum absolute atomic E-state index is 0.882. The van der Waals surface area contributed by atoms with E-state index in [1.54, 1.807) is 0 Å². The summed E-state index contributed by atoms with van der Waals surface area (Å²) in [5.74, 6) is 1.76. The fourth-order valence-corrected chi connectivity index (χ4v) is 4.35. The first kappa shape index (κ1) is 17.8. The van der Waals surface area contributed by atoms with Crippen LogP contribution >= 0.6 is 0 Å². The van der Waals surface area contributed by atoms with Crippen LogP contribution in [0.4, 0.5) is 0 Å². The fourth-order valence-electron chi connectivity index (χ4n) is 2.93. The summed E-state index contributed by atoms with van der Waals surface area (Å²) in [7, 11) is 0. The predicted octanol–water partition coefficient (Wildman–Crippen LogP) is 6.39. The molecule has 2 nitrogen and oxygen atoms in total. The Bertz CT molecular complexity index is 918.